The molecule has 6 heteroatoms. The minimum atomic E-state index is -4.34. The third-order valence-corrected chi connectivity index (χ3v) is 4.14. The second-order valence-corrected chi connectivity index (χ2v) is 5.79. The molecule has 24 heavy (non-hydrogen) atoms. The standard InChI is InChI=1S/C18H17F3N2O/c19-18(20,21)16-7-5-13(6-8-16)11-22-17(24)23-10-9-14-3-1-2-4-15(14)12-23/h1-8H,9-12H2,(H,22,24). The van der Waals surface area contributed by atoms with Crippen LogP contribution >= 0.6 is 0 Å². The number of nitrogens with zero attached hydrogens (tertiary/aromatic N) is 1. The molecule has 3 rings (SSSR count). The Balaban J connectivity index is 1.56. The number of hydrogen-bond acceptors (Lipinski definition) is 1. The van der Waals surface area contributed by atoms with Gasteiger partial charge in [0.25, 0.3) is 0 Å². The van der Waals surface area contributed by atoms with E-state index in [1.54, 1.807) is 4.90 Å². The molecule has 1 heterocycles. The van der Waals surface area contributed by atoms with Crippen molar-refractivity contribution in [3.63, 3.8) is 0 Å². The van der Waals surface area contributed by atoms with Crippen molar-refractivity contribution in [1.29, 1.82) is 0 Å². The molecule has 0 saturated heterocycles. The van der Waals surface area contributed by atoms with Crippen LogP contribution in [0.4, 0.5) is 18.0 Å². The highest BCUT2D eigenvalue weighted by Gasteiger charge is 2.30. The zero-order valence-corrected chi connectivity index (χ0v) is 12.9. The van der Waals surface area contributed by atoms with Crippen molar-refractivity contribution in [2.45, 2.75) is 25.7 Å². The first kappa shape index (κ1) is 16.4. The molecule has 0 bridgehead atoms. The van der Waals surface area contributed by atoms with Crippen LogP contribution in [0.5, 0.6) is 0 Å². The Labute approximate surface area is 138 Å². The normalized spacial score (nSPS) is 14.2. The van der Waals surface area contributed by atoms with E-state index in [9.17, 15) is 18.0 Å². The summed E-state index contributed by atoms with van der Waals surface area (Å²) in [5, 5.41) is 2.76. The molecular formula is C18H17F3N2O. The van der Waals surface area contributed by atoms with Gasteiger partial charge in [0.15, 0.2) is 0 Å². The van der Waals surface area contributed by atoms with Crippen molar-refractivity contribution < 1.29 is 18.0 Å². The number of halogens is 3. The highest BCUT2D eigenvalue weighted by molar-refractivity contribution is 5.74. The van der Waals surface area contributed by atoms with Crippen LogP contribution in [0.15, 0.2) is 48.5 Å². The van der Waals surface area contributed by atoms with E-state index in [1.807, 2.05) is 18.2 Å². The van der Waals surface area contributed by atoms with Gasteiger partial charge < -0.3 is 10.2 Å². The zero-order valence-electron chi connectivity index (χ0n) is 12.9. The van der Waals surface area contributed by atoms with Gasteiger partial charge >= 0.3 is 12.2 Å². The fourth-order valence-electron chi connectivity index (χ4n) is 2.77. The van der Waals surface area contributed by atoms with E-state index < -0.39 is 11.7 Å². The third kappa shape index (κ3) is 3.69. The fraction of sp³-hybridized carbons (Fsp3) is 0.278. The van der Waals surface area contributed by atoms with Crippen molar-refractivity contribution in [1.82, 2.24) is 10.2 Å². The summed E-state index contributed by atoms with van der Waals surface area (Å²) in [5.74, 6) is 0. The Morgan fingerprint density at radius 1 is 1.04 bits per heavy atom. The first-order valence-electron chi connectivity index (χ1n) is 7.69. The second-order valence-electron chi connectivity index (χ2n) is 5.79. The highest BCUT2D eigenvalue weighted by atomic mass is 19.4. The van der Waals surface area contributed by atoms with Crippen LogP contribution < -0.4 is 5.32 Å². The maximum absolute atomic E-state index is 12.5. The Hall–Kier alpha value is -2.50. The van der Waals surface area contributed by atoms with E-state index in [4.69, 9.17) is 0 Å². The molecule has 2 amide bonds. The smallest absolute Gasteiger partial charge is 0.334 e. The van der Waals surface area contributed by atoms with Crippen molar-refractivity contribution in [3.05, 3.63) is 70.8 Å². The molecule has 2 aromatic rings. The average molecular weight is 334 g/mol. The molecule has 1 aliphatic rings. The lowest BCUT2D eigenvalue weighted by Crippen LogP contribution is -2.42. The van der Waals surface area contributed by atoms with Crippen LogP contribution in [0, 0.1) is 0 Å². The van der Waals surface area contributed by atoms with Gasteiger partial charge in [0.05, 0.1) is 5.56 Å². The number of carbonyl (C=O) groups is 1. The molecule has 0 fully saturated rings. The number of benzene rings is 2. The molecule has 0 aliphatic carbocycles. The van der Waals surface area contributed by atoms with Crippen LogP contribution in [0.25, 0.3) is 0 Å². The number of nitrogens with one attached hydrogen (secondary N) is 1. The van der Waals surface area contributed by atoms with Gasteiger partial charge in [0.1, 0.15) is 0 Å². The lowest BCUT2D eigenvalue weighted by molar-refractivity contribution is -0.137. The summed E-state index contributed by atoms with van der Waals surface area (Å²) >= 11 is 0. The summed E-state index contributed by atoms with van der Waals surface area (Å²) < 4.78 is 37.6. The average Bonchev–Trinajstić information content (AvgIpc) is 2.59. The summed E-state index contributed by atoms with van der Waals surface area (Å²) in [7, 11) is 0. The Kier molecular flexibility index (Phi) is 4.46. The first-order chi connectivity index (χ1) is 11.4. The van der Waals surface area contributed by atoms with E-state index in [0.29, 0.717) is 18.7 Å². The summed E-state index contributed by atoms with van der Waals surface area (Å²) in [5.41, 5.74) is 2.33. The van der Waals surface area contributed by atoms with Crippen molar-refractivity contribution in [2.24, 2.45) is 0 Å². The maximum Gasteiger partial charge on any atom is 0.416 e. The molecule has 2 aromatic carbocycles. The quantitative estimate of drug-likeness (QED) is 0.885. The fourth-order valence-corrected chi connectivity index (χ4v) is 2.77. The summed E-state index contributed by atoms with van der Waals surface area (Å²) in [6.45, 7) is 1.39. The van der Waals surface area contributed by atoms with Gasteiger partial charge in [-0.05, 0) is 35.2 Å². The Bertz CT molecular complexity index is 726. The minimum Gasteiger partial charge on any atom is -0.334 e. The van der Waals surface area contributed by atoms with Crippen molar-refractivity contribution in [3.8, 4) is 0 Å². The molecule has 3 nitrogen and oxygen atoms in total. The van der Waals surface area contributed by atoms with Gasteiger partial charge in [-0.15, -0.1) is 0 Å². The SMILES string of the molecule is O=C(NCc1ccc(C(F)(F)F)cc1)N1CCc2ccccc2C1. The monoisotopic (exact) mass is 334 g/mol. The summed E-state index contributed by atoms with van der Waals surface area (Å²) in [6.07, 6.45) is -3.53. The number of rotatable bonds is 2. The van der Waals surface area contributed by atoms with Crippen molar-refractivity contribution in [2.75, 3.05) is 6.54 Å². The molecule has 0 radical (unpaired) electrons. The van der Waals surface area contributed by atoms with E-state index in [-0.39, 0.29) is 12.6 Å². The number of carbonyl (C=O) groups excluding carboxylic acids is 1. The summed E-state index contributed by atoms with van der Waals surface area (Å²) in [4.78, 5) is 14.0. The predicted octanol–water partition coefficient (Wildman–Crippen LogP) is 3.97. The van der Waals surface area contributed by atoms with Crippen molar-refractivity contribution >= 4 is 6.03 Å². The molecule has 1 aliphatic heterocycles. The molecule has 0 unspecified atom stereocenters. The largest absolute Gasteiger partial charge is 0.416 e. The number of alkyl halides is 3. The second kappa shape index (κ2) is 6.55. The molecule has 0 aromatic heterocycles. The number of hydrogen-bond donors (Lipinski definition) is 1. The lowest BCUT2D eigenvalue weighted by Gasteiger charge is -2.29. The van der Waals surface area contributed by atoms with Gasteiger partial charge in [-0.25, -0.2) is 4.79 Å². The third-order valence-electron chi connectivity index (χ3n) is 4.14. The van der Waals surface area contributed by atoms with Crippen LogP contribution in [-0.2, 0) is 25.7 Å². The van der Waals surface area contributed by atoms with E-state index in [0.717, 1.165) is 24.1 Å². The van der Waals surface area contributed by atoms with Gasteiger partial charge in [-0.3, -0.25) is 0 Å². The lowest BCUT2D eigenvalue weighted by atomic mass is 10.0. The molecular weight excluding hydrogens is 317 g/mol. The van der Waals surface area contributed by atoms with Crippen LogP contribution in [0.1, 0.15) is 22.3 Å². The topological polar surface area (TPSA) is 32.3 Å². The summed E-state index contributed by atoms with van der Waals surface area (Å²) in [6, 6.07) is 12.6. The first-order valence-corrected chi connectivity index (χ1v) is 7.69. The Morgan fingerprint density at radius 3 is 2.38 bits per heavy atom. The van der Waals surface area contributed by atoms with Gasteiger partial charge in [-0.1, -0.05) is 36.4 Å². The molecule has 0 spiro atoms. The zero-order chi connectivity index (χ0) is 17.2. The van der Waals surface area contributed by atoms with E-state index in [2.05, 4.69) is 11.4 Å². The van der Waals surface area contributed by atoms with Gasteiger partial charge in [0.2, 0.25) is 0 Å². The maximum atomic E-state index is 12.5. The Morgan fingerprint density at radius 2 is 1.71 bits per heavy atom. The number of urea groups is 1. The number of amides is 2. The molecule has 126 valence electrons. The van der Waals surface area contributed by atoms with E-state index in [1.165, 1.54) is 17.7 Å². The van der Waals surface area contributed by atoms with Crippen LogP contribution in [-0.4, -0.2) is 17.5 Å². The van der Waals surface area contributed by atoms with Gasteiger partial charge in [0, 0.05) is 19.6 Å². The number of fused-ring (bicyclic) bond motifs is 1. The molecule has 1 N–H and O–H groups in total. The van der Waals surface area contributed by atoms with Crippen LogP contribution in [0.3, 0.4) is 0 Å². The van der Waals surface area contributed by atoms with Crippen LogP contribution in [0.2, 0.25) is 0 Å². The minimum absolute atomic E-state index is 0.203. The van der Waals surface area contributed by atoms with Gasteiger partial charge in [-0.2, -0.15) is 13.2 Å². The molecule has 0 atom stereocenters. The predicted molar refractivity (Wildman–Crippen MR) is 84.2 cm³/mol. The van der Waals surface area contributed by atoms with E-state index >= 15 is 0 Å². The molecule has 0 saturated carbocycles. The highest BCUT2D eigenvalue weighted by Crippen LogP contribution is 2.29.